The smallest absolute Gasteiger partial charge is 0.0448 e. The van der Waals surface area contributed by atoms with Gasteiger partial charge in [-0.3, -0.25) is 0 Å². The summed E-state index contributed by atoms with van der Waals surface area (Å²) in [6, 6.07) is 5.36. The molecule has 0 radical (unpaired) electrons. The van der Waals surface area contributed by atoms with Gasteiger partial charge in [0, 0.05) is 15.8 Å². The van der Waals surface area contributed by atoms with Crippen molar-refractivity contribution in [3.05, 3.63) is 21.9 Å². The minimum absolute atomic E-state index is 0.291. The van der Waals surface area contributed by atoms with E-state index in [4.69, 9.17) is 0 Å². The van der Waals surface area contributed by atoms with Crippen LogP contribution in [-0.2, 0) is 5.41 Å². The molecule has 2 aliphatic rings. The Balaban J connectivity index is 1.79. The fraction of sp³-hybridized carbons (Fsp3) is 0.765. The van der Waals surface area contributed by atoms with Gasteiger partial charge < -0.3 is 5.32 Å². The quantitative estimate of drug-likeness (QED) is 0.838. The van der Waals surface area contributed by atoms with E-state index in [0.717, 1.165) is 24.3 Å². The van der Waals surface area contributed by atoms with Crippen LogP contribution in [0.3, 0.4) is 0 Å². The molecule has 0 spiro atoms. The van der Waals surface area contributed by atoms with E-state index in [1.54, 1.807) is 4.88 Å². The number of hydrogen-bond acceptors (Lipinski definition) is 2. The third-order valence-corrected chi connectivity index (χ3v) is 6.55. The summed E-state index contributed by atoms with van der Waals surface area (Å²) in [6.07, 6.45) is 4.44. The van der Waals surface area contributed by atoms with Crippen molar-refractivity contribution >= 4 is 11.3 Å². The fourth-order valence-electron chi connectivity index (χ4n) is 3.94. The predicted molar refractivity (Wildman–Crippen MR) is 83.8 cm³/mol. The van der Waals surface area contributed by atoms with E-state index in [-0.39, 0.29) is 0 Å². The Morgan fingerprint density at radius 3 is 2.47 bits per heavy atom. The number of hydrogen-bond donors (Lipinski definition) is 1. The molecule has 1 N–H and O–H groups in total. The summed E-state index contributed by atoms with van der Waals surface area (Å²) in [7, 11) is 0. The van der Waals surface area contributed by atoms with E-state index in [9.17, 15) is 0 Å². The molecule has 2 heteroatoms. The van der Waals surface area contributed by atoms with Gasteiger partial charge in [0.1, 0.15) is 0 Å². The summed E-state index contributed by atoms with van der Waals surface area (Å²) in [5, 5.41) is 3.76. The minimum Gasteiger partial charge on any atom is -0.309 e. The highest BCUT2D eigenvalue weighted by molar-refractivity contribution is 7.12. The maximum atomic E-state index is 3.76. The zero-order chi connectivity index (χ0) is 13.6. The summed E-state index contributed by atoms with van der Waals surface area (Å²) < 4.78 is 0. The topological polar surface area (TPSA) is 12.0 Å². The van der Waals surface area contributed by atoms with Gasteiger partial charge in [0.2, 0.25) is 0 Å². The van der Waals surface area contributed by atoms with Gasteiger partial charge in [-0.15, -0.1) is 11.3 Å². The minimum atomic E-state index is 0.291. The summed E-state index contributed by atoms with van der Waals surface area (Å²) >= 11 is 2.03. The van der Waals surface area contributed by atoms with Crippen LogP contribution in [0.5, 0.6) is 0 Å². The summed E-state index contributed by atoms with van der Waals surface area (Å²) in [5.74, 6) is 2.99. The third-order valence-electron chi connectivity index (χ3n) is 4.95. The molecule has 2 saturated carbocycles. The summed E-state index contributed by atoms with van der Waals surface area (Å²) in [5.41, 5.74) is 0.291. The van der Waals surface area contributed by atoms with Crippen LogP contribution < -0.4 is 5.32 Å². The van der Waals surface area contributed by atoms with Crippen LogP contribution in [0.4, 0.5) is 0 Å². The van der Waals surface area contributed by atoms with Gasteiger partial charge in [-0.1, -0.05) is 34.1 Å². The SMILES string of the molecule is CCNC(c1ccc(C(C)(C)C)s1)C1C2CCCC21. The van der Waals surface area contributed by atoms with Gasteiger partial charge in [0.25, 0.3) is 0 Å². The van der Waals surface area contributed by atoms with Crippen LogP contribution in [0.2, 0.25) is 0 Å². The molecule has 3 atom stereocenters. The van der Waals surface area contributed by atoms with E-state index in [2.05, 4.69) is 45.1 Å². The molecule has 2 fully saturated rings. The highest BCUT2D eigenvalue weighted by Gasteiger charge is 2.56. The van der Waals surface area contributed by atoms with Gasteiger partial charge >= 0.3 is 0 Å². The first-order valence-electron chi connectivity index (χ1n) is 7.86. The monoisotopic (exact) mass is 277 g/mol. The molecular weight excluding hydrogens is 250 g/mol. The van der Waals surface area contributed by atoms with Crippen molar-refractivity contribution in [3.8, 4) is 0 Å². The van der Waals surface area contributed by atoms with Crippen LogP contribution in [0, 0.1) is 17.8 Å². The van der Waals surface area contributed by atoms with Crippen LogP contribution in [-0.4, -0.2) is 6.54 Å². The van der Waals surface area contributed by atoms with Crippen LogP contribution >= 0.6 is 11.3 Å². The Hall–Kier alpha value is -0.340. The lowest BCUT2D eigenvalue weighted by atomic mass is 9.95. The average Bonchev–Trinajstić information content (AvgIpc) is 2.77. The van der Waals surface area contributed by atoms with E-state index in [1.165, 1.54) is 24.1 Å². The number of rotatable bonds is 4. The molecule has 0 aromatic carbocycles. The zero-order valence-electron chi connectivity index (χ0n) is 12.7. The molecule has 1 aromatic rings. The Morgan fingerprint density at radius 1 is 1.26 bits per heavy atom. The molecule has 1 nitrogen and oxygen atoms in total. The second-order valence-electron chi connectivity index (χ2n) is 7.32. The second-order valence-corrected chi connectivity index (χ2v) is 8.44. The molecule has 0 bridgehead atoms. The maximum absolute atomic E-state index is 3.76. The fourth-order valence-corrected chi connectivity index (χ4v) is 5.14. The lowest BCUT2D eigenvalue weighted by molar-refractivity contribution is 0.431. The lowest BCUT2D eigenvalue weighted by Gasteiger charge is -2.19. The van der Waals surface area contributed by atoms with Crippen molar-refractivity contribution in [2.75, 3.05) is 6.54 Å². The van der Waals surface area contributed by atoms with Crippen molar-refractivity contribution in [2.24, 2.45) is 17.8 Å². The molecule has 1 heterocycles. The molecule has 106 valence electrons. The first-order chi connectivity index (χ1) is 9.02. The number of nitrogens with one attached hydrogen (secondary N) is 1. The van der Waals surface area contributed by atoms with Crippen molar-refractivity contribution in [3.63, 3.8) is 0 Å². The molecular formula is C17H27NS. The highest BCUT2D eigenvalue weighted by Crippen LogP contribution is 2.62. The van der Waals surface area contributed by atoms with Crippen molar-refractivity contribution in [2.45, 2.75) is 58.4 Å². The maximum Gasteiger partial charge on any atom is 0.0448 e. The molecule has 19 heavy (non-hydrogen) atoms. The van der Waals surface area contributed by atoms with E-state index in [0.29, 0.717) is 11.5 Å². The molecule has 0 saturated heterocycles. The predicted octanol–water partition coefficient (Wildman–Crippen LogP) is 4.74. The molecule has 2 aliphatic carbocycles. The lowest BCUT2D eigenvalue weighted by Crippen LogP contribution is -2.23. The first-order valence-corrected chi connectivity index (χ1v) is 8.67. The largest absolute Gasteiger partial charge is 0.309 e. The van der Waals surface area contributed by atoms with Gasteiger partial charge in [-0.2, -0.15) is 0 Å². The summed E-state index contributed by atoms with van der Waals surface area (Å²) in [4.78, 5) is 3.10. The van der Waals surface area contributed by atoms with E-state index in [1.807, 2.05) is 11.3 Å². The van der Waals surface area contributed by atoms with Crippen molar-refractivity contribution in [1.82, 2.24) is 5.32 Å². The van der Waals surface area contributed by atoms with E-state index < -0.39 is 0 Å². The Bertz CT molecular complexity index is 432. The average molecular weight is 277 g/mol. The standard InChI is InChI=1S/C17H27NS/c1-5-18-16(15-11-7-6-8-12(11)15)13-9-10-14(19-13)17(2,3)4/h9-12,15-16,18H,5-8H2,1-4H3. The van der Waals surface area contributed by atoms with Crippen LogP contribution in [0.15, 0.2) is 12.1 Å². The van der Waals surface area contributed by atoms with E-state index >= 15 is 0 Å². The Morgan fingerprint density at radius 2 is 1.95 bits per heavy atom. The third kappa shape index (κ3) is 2.50. The van der Waals surface area contributed by atoms with Gasteiger partial charge in [-0.05, 0) is 54.7 Å². The summed E-state index contributed by atoms with van der Waals surface area (Å²) in [6.45, 7) is 10.3. The highest BCUT2D eigenvalue weighted by atomic mass is 32.1. The van der Waals surface area contributed by atoms with Crippen molar-refractivity contribution in [1.29, 1.82) is 0 Å². The number of fused-ring (bicyclic) bond motifs is 1. The molecule has 0 aliphatic heterocycles. The van der Waals surface area contributed by atoms with Crippen LogP contribution in [0.1, 0.15) is 62.8 Å². The first kappa shape index (κ1) is 13.6. The Kier molecular flexibility index (Phi) is 3.51. The second kappa shape index (κ2) is 4.89. The van der Waals surface area contributed by atoms with Gasteiger partial charge in [0.15, 0.2) is 0 Å². The molecule has 1 aromatic heterocycles. The normalized spacial score (nSPS) is 31.3. The zero-order valence-corrected chi connectivity index (χ0v) is 13.5. The molecule has 3 rings (SSSR count). The van der Waals surface area contributed by atoms with Crippen molar-refractivity contribution < 1.29 is 0 Å². The van der Waals surface area contributed by atoms with Gasteiger partial charge in [0.05, 0.1) is 0 Å². The molecule has 3 unspecified atom stereocenters. The molecule has 0 amide bonds. The number of thiophene rings is 1. The van der Waals surface area contributed by atoms with Crippen LogP contribution in [0.25, 0.3) is 0 Å². The Labute approximate surface area is 121 Å². The van der Waals surface area contributed by atoms with Gasteiger partial charge in [-0.25, -0.2) is 0 Å².